The van der Waals surface area contributed by atoms with Crippen molar-refractivity contribution in [3.05, 3.63) is 101 Å². The van der Waals surface area contributed by atoms with E-state index in [-0.39, 0.29) is 17.5 Å². The van der Waals surface area contributed by atoms with E-state index < -0.39 is 0 Å². The molecule has 2 aromatic carbocycles. The van der Waals surface area contributed by atoms with Gasteiger partial charge in [0.25, 0.3) is 5.56 Å². The minimum absolute atomic E-state index is 0.0446. The molecule has 3 aromatic heterocycles. The molecule has 0 radical (unpaired) electrons. The van der Waals surface area contributed by atoms with E-state index in [2.05, 4.69) is 28.2 Å². The Labute approximate surface area is 183 Å². The Hall–Kier alpha value is -3.57. The van der Waals surface area contributed by atoms with Crippen molar-refractivity contribution in [2.45, 2.75) is 18.4 Å². The molecule has 0 bridgehead atoms. The van der Waals surface area contributed by atoms with Crippen molar-refractivity contribution in [2.24, 2.45) is 0 Å². The molecule has 0 N–H and O–H groups in total. The molecule has 31 heavy (non-hydrogen) atoms. The number of nitrogens with zero attached hydrogens (tertiary/aromatic N) is 4. The summed E-state index contributed by atoms with van der Waals surface area (Å²) >= 11 is 6.63. The van der Waals surface area contributed by atoms with Gasteiger partial charge in [0, 0.05) is 52.6 Å². The van der Waals surface area contributed by atoms with Crippen LogP contribution < -0.4 is 5.56 Å². The van der Waals surface area contributed by atoms with Gasteiger partial charge in [-0.15, -0.1) is 0 Å². The summed E-state index contributed by atoms with van der Waals surface area (Å²) in [5.74, 6) is 0.197. The molecule has 1 fully saturated rings. The van der Waals surface area contributed by atoms with Crippen LogP contribution in [-0.4, -0.2) is 19.5 Å². The smallest absolute Gasteiger partial charge is 0.259 e. The Bertz CT molecular complexity index is 1510. The van der Waals surface area contributed by atoms with E-state index in [1.165, 1.54) is 6.33 Å². The minimum atomic E-state index is -0.0489. The first-order valence-electron chi connectivity index (χ1n) is 10.1. The van der Waals surface area contributed by atoms with Gasteiger partial charge in [-0.2, -0.15) is 0 Å². The van der Waals surface area contributed by atoms with Gasteiger partial charge in [-0.3, -0.25) is 9.78 Å². The van der Waals surface area contributed by atoms with Crippen LogP contribution in [0, 0.1) is 0 Å². The van der Waals surface area contributed by atoms with Crippen LogP contribution in [0.4, 0.5) is 0 Å². The Kier molecular flexibility index (Phi) is 4.11. The van der Waals surface area contributed by atoms with Gasteiger partial charge in [0.1, 0.15) is 6.33 Å². The summed E-state index contributed by atoms with van der Waals surface area (Å²) in [4.78, 5) is 26.6. The average molecular weight is 425 g/mol. The molecule has 0 aliphatic heterocycles. The first kappa shape index (κ1) is 18.2. The van der Waals surface area contributed by atoms with Crippen LogP contribution in [0.1, 0.15) is 24.1 Å². The summed E-state index contributed by atoms with van der Waals surface area (Å²) in [5, 5.41) is 3.02. The van der Waals surface area contributed by atoms with E-state index in [1.54, 1.807) is 23.2 Å². The van der Waals surface area contributed by atoms with E-state index in [0.29, 0.717) is 10.4 Å². The highest BCUT2D eigenvalue weighted by Crippen LogP contribution is 2.50. The van der Waals surface area contributed by atoms with Gasteiger partial charge in [0.2, 0.25) is 0 Å². The molecule has 0 amide bonds. The van der Waals surface area contributed by atoms with Crippen LogP contribution >= 0.6 is 11.6 Å². The summed E-state index contributed by atoms with van der Waals surface area (Å²) in [6, 6.07) is 18.0. The lowest BCUT2D eigenvalue weighted by atomic mass is 10.0. The van der Waals surface area contributed by atoms with Crippen LogP contribution in [-0.2, 0) is 0 Å². The molecular weight excluding hydrogens is 408 g/mol. The molecule has 150 valence electrons. The minimum Gasteiger partial charge on any atom is -0.310 e. The summed E-state index contributed by atoms with van der Waals surface area (Å²) in [5.41, 5.74) is 3.52. The summed E-state index contributed by atoms with van der Waals surface area (Å²) in [6.45, 7) is 0. The third-order valence-electron chi connectivity index (χ3n) is 6.01. The number of hydrogen-bond acceptors (Lipinski definition) is 4. The van der Waals surface area contributed by atoms with Gasteiger partial charge in [-0.25, -0.2) is 9.97 Å². The number of aromatic nitrogens is 4. The molecule has 6 rings (SSSR count). The van der Waals surface area contributed by atoms with Gasteiger partial charge >= 0.3 is 0 Å². The highest BCUT2D eigenvalue weighted by molar-refractivity contribution is 6.35. The van der Waals surface area contributed by atoms with Crippen LogP contribution in [0.3, 0.4) is 0 Å². The third-order valence-corrected chi connectivity index (χ3v) is 6.31. The highest BCUT2D eigenvalue weighted by Gasteiger charge is 2.42. The van der Waals surface area contributed by atoms with Crippen molar-refractivity contribution in [1.29, 1.82) is 0 Å². The molecule has 1 aliphatic rings. The molecule has 3 heterocycles. The van der Waals surface area contributed by atoms with E-state index in [0.717, 1.165) is 39.5 Å². The van der Waals surface area contributed by atoms with E-state index in [1.807, 2.05) is 36.4 Å². The quantitative estimate of drug-likeness (QED) is 0.389. The van der Waals surface area contributed by atoms with E-state index in [4.69, 9.17) is 16.6 Å². The number of para-hydroxylation sites is 1. The second-order valence-corrected chi connectivity index (χ2v) is 8.29. The fourth-order valence-electron chi connectivity index (χ4n) is 4.38. The second kappa shape index (κ2) is 7.00. The number of rotatable bonds is 3. The molecular formula is C25H17ClN4O. The topological polar surface area (TPSA) is 60.7 Å². The zero-order valence-corrected chi connectivity index (χ0v) is 17.2. The summed E-state index contributed by atoms with van der Waals surface area (Å²) in [6.07, 6.45) is 7.54. The van der Waals surface area contributed by atoms with Crippen LogP contribution in [0.5, 0.6) is 0 Å². The predicted octanol–water partition coefficient (Wildman–Crippen LogP) is 5.39. The molecule has 5 nitrogen and oxygen atoms in total. The second-order valence-electron chi connectivity index (χ2n) is 7.88. The number of fused-ring (bicyclic) bond motifs is 2. The van der Waals surface area contributed by atoms with Gasteiger partial charge in [0.15, 0.2) is 0 Å². The fourth-order valence-corrected chi connectivity index (χ4v) is 4.64. The number of pyridine rings is 2. The van der Waals surface area contributed by atoms with Crippen molar-refractivity contribution in [2.75, 3.05) is 0 Å². The SMILES string of the molecule is O=c1c2c(-c3cncnc3)cccc2c(Cl)cn1[C@@H]1CC1c1ccc2ccccc2n1. The van der Waals surface area contributed by atoms with Gasteiger partial charge in [0.05, 0.1) is 15.9 Å². The van der Waals surface area contributed by atoms with Crippen molar-refractivity contribution >= 4 is 33.3 Å². The lowest BCUT2D eigenvalue weighted by molar-refractivity contribution is 0.688. The Morgan fingerprint density at radius 3 is 2.68 bits per heavy atom. The molecule has 1 saturated carbocycles. The largest absolute Gasteiger partial charge is 0.310 e. The van der Waals surface area contributed by atoms with Crippen LogP contribution in [0.25, 0.3) is 32.8 Å². The van der Waals surface area contributed by atoms with Crippen molar-refractivity contribution < 1.29 is 0 Å². The first-order chi connectivity index (χ1) is 15.2. The molecule has 1 unspecified atom stereocenters. The summed E-state index contributed by atoms with van der Waals surface area (Å²) < 4.78 is 1.78. The zero-order valence-electron chi connectivity index (χ0n) is 16.4. The predicted molar refractivity (Wildman–Crippen MR) is 122 cm³/mol. The number of hydrogen-bond donors (Lipinski definition) is 0. The fraction of sp³-hybridized carbons (Fsp3) is 0.120. The maximum atomic E-state index is 13.6. The van der Waals surface area contributed by atoms with Crippen molar-refractivity contribution in [3.8, 4) is 11.1 Å². The standard InChI is InChI=1S/C25H17ClN4O/c26-20-13-30(23-10-19(23)22-9-8-15-4-1-2-7-21(15)29-22)25(31)24-17(5-3-6-18(20)24)16-11-27-14-28-12-16/h1-9,11-14,19,23H,10H2/t19?,23-/m1/s1. The van der Waals surface area contributed by atoms with Crippen molar-refractivity contribution in [3.63, 3.8) is 0 Å². The highest BCUT2D eigenvalue weighted by atomic mass is 35.5. The molecule has 5 aromatic rings. The molecule has 0 saturated heterocycles. The zero-order chi connectivity index (χ0) is 20.9. The lowest BCUT2D eigenvalue weighted by Crippen LogP contribution is -2.20. The molecule has 6 heteroatoms. The van der Waals surface area contributed by atoms with Gasteiger partial charge < -0.3 is 4.57 Å². The summed E-state index contributed by atoms with van der Waals surface area (Å²) in [7, 11) is 0. The molecule has 2 atom stereocenters. The average Bonchev–Trinajstić information content (AvgIpc) is 3.62. The van der Waals surface area contributed by atoms with E-state index >= 15 is 0 Å². The third kappa shape index (κ3) is 3.01. The normalized spacial score (nSPS) is 17.8. The molecule has 1 aliphatic carbocycles. The van der Waals surface area contributed by atoms with Gasteiger partial charge in [-0.05, 0) is 24.1 Å². The van der Waals surface area contributed by atoms with E-state index in [9.17, 15) is 4.79 Å². The molecule has 0 spiro atoms. The van der Waals surface area contributed by atoms with Gasteiger partial charge in [-0.1, -0.05) is 54.1 Å². The number of halogens is 1. The Morgan fingerprint density at radius 1 is 0.968 bits per heavy atom. The maximum absolute atomic E-state index is 13.6. The van der Waals surface area contributed by atoms with Crippen LogP contribution in [0.15, 0.2) is 84.3 Å². The first-order valence-corrected chi connectivity index (χ1v) is 10.5. The van der Waals surface area contributed by atoms with Crippen LogP contribution in [0.2, 0.25) is 5.02 Å². The Morgan fingerprint density at radius 2 is 1.81 bits per heavy atom. The Balaban J connectivity index is 1.47. The van der Waals surface area contributed by atoms with Crippen molar-refractivity contribution in [1.82, 2.24) is 19.5 Å². The maximum Gasteiger partial charge on any atom is 0.259 e. The lowest BCUT2D eigenvalue weighted by Gasteiger charge is -2.12. The number of benzene rings is 2. The monoisotopic (exact) mass is 424 g/mol.